The Kier molecular flexibility index (Phi) is 4.65. The lowest BCUT2D eigenvalue weighted by molar-refractivity contribution is 0.00319. The average Bonchev–Trinajstić information content (AvgIpc) is 2.12. The highest BCUT2D eigenvalue weighted by Gasteiger charge is 2.46. The predicted octanol–water partition coefficient (Wildman–Crippen LogP) is 2.48. The van der Waals surface area contributed by atoms with Crippen molar-refractivity contribution in [2.75, 3.05) is 6.54 Å². The molecule has 0 atom stereocenters. The normalized spacial score (nSPS) is 22.9. The molecular formula is C14H29N3O. The lowest BCUT2D eigenvalue weighted by Gasteiger charge is -2.54. The molecule has 4 heteroatoms. The van der Waals surface area contributed by atoms with E-state index in [2.05, 4.69) is 39.9 Å². The summed E-state index contributed by atoms with van der Waals surface area (Å²) in [5.74, 6) is 0. The second-order valence-electron chi connectivity index (χ2n) is 6.71. The fourth-order valence-electron chi connectivity index (χ4n) is 3.36. The van der Waals surface area contributed by atoms with Gasteiger partial charge in [-0.15, -0.1) is 0 Å². The zero-order chi connectivity index (χ0) is 14.0. The molecule has 1 aliphatic heterocycles. The largest absolute Gasteiger partial charge is 0.338 e. The Hall–Kier alpha value is -0.770. The molecule has 1 heterocycles. The topological polar surface area (TPSA) is 58.4 Å². The van der Waals surface area contributed by atoms with E-state index in [0.717, 1.165) is 32.2 Å². The zero-order valence-electron chi connectivity index (χ0n) is 12.5. The molecule has 106 valence electrons. The van der Waals surface area contributed by atoms with E-state index >= 15 is 0 Å². The number of rotatable bonds is 3. The molecule has 1 fully saturated rings. The van der Waals surface area contributed by atoms with Gasteiger partial charge in [-0.05, 0) is 47.0 Å². The van der Waals surface area contributed by atoms with Crippen LogP contribution >= 0.6 is 0 Å². The summed E-state index contributed by atoms with van der Waals surface area (Å²) in [6, 6.07) is 0.222. The molecule has 0 radical (unpaired) electrons. The van der Waals surface area contributed by atoms with Crippen molar-refractivity contribution in [2.45, 2.75) is 77.4 Å². The Morgan fingerprint density at radius 3 is 2.22 bits per heavy atom. The SMILES string of the molecule is CCCCNC(=O)N1C(C)(C)CC(N)CC1(C)C. The van der Waals surface area contributed by atoms with Gasteiger partial charge in [-0.25, -0.2) is 4.79 Å². The lowest BCUT2D eigenvalue weighted by atomic mass is 9.77. The third-order valence-corrected chi connectivity index (χ3v) is 3.74. The molecule has 1 rings (SSSR count). The maximum Gasteiger partial charge on any atom is 0.318 e. The van der Waals surface area contributed by atoms with Gasteiger partial charge in [0, 0.05) is 23.7 Å². The first-order valence-electron chi connectivity index (χ1n) is 7.04. The van der Waals surface area contributed by atoms with E-state index in [1.807, 2.05) is 4.90 Å². The molecule has 0 spiro atoms. The summed E-state index contributed by atoms with van der Waals surface area (Å²) in [5.41, 5.74) is 5.75. The minimum atomic E-state index is -0.183. The van der Waals surface area contributed by atoms with Gasteiger partial charge in [-0.2, -0.15) is 0 Å². The van der Waals surface area contributed by atoms with Gasteiger partial charge in [-0.1, -0.05) is 13.3 Å². The number of urea groups is 1. The van der Waals surface area contributed by atoms with Crippen LogP contribution in [0.4, 0.5) is 4.79 Å². The number of nitrogens with zero attached hydrogens (tertiary/aromatic N) is 1. The maximum atomic E-state index is 12.4. The van der Waals surface area contributed by atoms with E-state index in [9.17, 15) is 4.79 Å². The quantitative estimate of drug-likeness (QED) is 0.761. The lowest BCUT2D eigenvalue weighted by Crippen LogP contribution is -2.67. The zero-order valence-corrected chi connectivity index (χ0v) is 12.5. The van der Waals surface area contributed by atoms with Gasteiger partial charge in [-0.3, -0.25) is 0 Å². The first-order valence-corrected chi connectivity index (χ1v) is 7.04. The molecule has 18 heavy (non-hydrogen) atoms. The first-order chi connectivity index (χ1) is 8.20. The number of amides is 2. The highest BCUT2D eigenvalue weighted by molar-refractivity contribution is 5.76. The molecule has 4 nitrogen and oxygen atoms in total. The maximum absolute atomic E-state index is 12.4. The van der Waals surface area contributed by atoms with E-state index in [4.69, 9.17) is 5.73 Å². The molecule has 0 unspecified atom stereocenters. The van der Waals surface area contributed by atoms with Crippen molar-refractivity contribution in [3.63, 3.8) is 0 Å². The van der Waals surface area contributed by atoms with Gasteiger partial charge >= 0.3 is 6.03 Å². The van der Waals surface area contributed by atoms with Crippen LogP contribution in [0.2, 0.25) is 0 Å². The monoisotopic (exact) mass is 255 g/mol. The van der Waals surface area contributed by atoms with Crippen molar-refractivity contribution in [3.05, 3.63) is 0 Å². The standard InChI is InChI=1S/C14H29N3O/c1-6-7-8-16-12(18)17-13(2,3)9-11(15)10-14(17,4)5/h11H,6-10,15H2,1-5H3,(H,16,18). The molecule has 0 aliphatic carbocycles. The van der Waals surface area contributed by atoms with Crippen molar-refractivity contribution < 1.29 is 4.79 Å². The number of nitrogens with two attached hydrogens (primary N) is 1. The van der Waals surface area contributed by atoms with Crippen molar-refractivity contribution >= 4 is 6.03 Å². The van der Waals surface area contributed by atoms with Crippen LogP contribution in [-0.4, -0.2) is 34.6 Å². The summed E-state index contributed by atoms with van der Waals surface area (Å²) < 4.78 is 0. The van der Waals surface area contributed by atoms with Crippen LogP contribution in [-0.2, 0) is 0 Å². The Morgan fingerprint density at radius 1 is 1.28 bits per heavy atom. The molecule has 0 bridgehead atoms. The third kappa shape index (κ3) is 3.37. The Labute approximate surface area is 111 Å². The molecular weight excluding hydrogens is 226 g/mol. The van der Waals surface area contributed by atoms with Gasteiger partial charge in [0.15, 0.2) is 0 Å². The summed E-state index contributed by atoms with van der Waals surface area (Å²) in [6.45, 7) is 11.3. The van der Waals surface area contributed by atoms with Gasteiger partial charge in [0.25, 0.3) is 0 Å². The number of carbonyl (C=O) groups excluding carboxylic acids is 1. The number of hydrogen-bond acceptors (Lipinski definition) is 2. The van der Waals surface area contributed by atoms with Gasteiger partial charge in [0.2, 0.25) is 0 Å². The number of piperidine rings is 1. The van der Waals surface area contributed by atoms with Crippen molar-refractivity contribution in [1.29, 1.82) is 0 Å². The Morgan fingerprint density at radius 2 is 1.78 bits per heavy atom. The van der Waals surface area contributed by atoms with Crippen molar-refractivity contribution in [2.24, 2.45) is 5.73 Å². The van der Waals surface area contributed by atoms with Gasteiger partial charge < -0.3 is 16.0 Å². The van der Waals surface area contributed by atoms with Crippen LogP contribution < -0.4 is 11.1 Å². The third-order valence-electron chi connectivity index (χ3n) is 3.74. The van der Waals surface area contributed by atoms with E-state index in [1.54, 1.807) is 0 Å². The van der Waals surface area contributed by atoms with Crippen LogP contribution in [0.5, 0.6) is 0 Å². The number of nitrogens with one attached hydrogen (secondary N) is 1. The summed E-state index contributed by atoms with van der Waals surface area (Å²) >= 11 is 0. The van der Waals surface area contributed by atoms with Crippen LogP contribution in [0.25, 0.3) is 0 Å². The minimum absolute atomic E-state index is 0.0466. The molecule has 0 aromatic carbocycles. The smallest absolute Gasteiger partial charge is 0.318 e. The predicted molar refractivity (Wildman–Crippen MR) is 75.5 cm³/mol. The summed E-state index contributed by atoms with van der Waals surface area (Å²) in [5, 5.41) is 3.03. The summed E-state index contributed by atoms with van der Waals surface area (Å²) in [7, 11) is 0. The van der Waals surface area contributed by atoms with Crippen LogP contribution in [0.3, 0.4) is 0 Å². The van der Waals surface area contributed by atoms with Crippen LogP contribution in [0.15, 0.2) is 0 Å². The minimum Gasteiger partial charge on any atom is -0.338 e. The van der Waals surface area contributed by atoms with Crippen LogP contribution in [0.1, 0.15) is 60.3 Å². The molecule has 1 saturated heterocycles. The van der Waals surface area contributed by atoms with E-state index < -0.39 is 0 Å². The van der Waals surface area contributed by atoms with Gasteiger partial charge in [0.05, 0.1) is 0 Å². The van der Waals surface area contributed by atoms with E-state index in [-0.39, 0.29) is 23.2 Å². The fourth-order valence-corrected chi connectivity index (χ4v) is 3.36. The first kappa shape index (κ1) is 15.3. The van der Waals surface area contributed by atoms with Gasteiger partial charge in [0.1, 0.15) is 0 Å². The fraction of sp³-hybridized carbons (Fsp3) is 0.929. The highest BCUT2D eigenvalue weighted by atomic mass is 16.2. The number of likely N-dealkylation sites (tertiary alicyclic amines) is 1. The second-order valence-corrected chi connectivity index (χ2v) is 6.71. The molecule has 1 aliphatic rings. The molecule has 0 aromatic heterocycles. The molecule has 0 aromatic rings. The Balaban J connectivity index is 2.79. The number of unbranched alkanes of at least 4 members (excludes halogenated alkanes) is 1. The van der Waals surface area contributed by atoms with E-state index in [0.29, 0.717) is 0 Å². The van der Waals surface area contributed by atoms with Crippen molar-refractivity contribution in [1.82, 2.24) is 10.2 Å². The average molecular weight is 255 g/mol. The Bertz CT molecular complexity index is 281. The molecule has 3 N–H and O–H groups in total. The number of carbonyl (C=O) groups is 1. The second kappa shape index (κ2) is 5.47. The number of hydrogen-bond donors (Lipinski definition) is 2. The van der Waals surface area contributed by atoms with Crippen LogP contribution in [0, 0.1) is 0 Å². The summed E-state index contributed by atoms with van der Waals surface area (Å²) in [4.78, 5) is 14.4. The van der Waals surface area contributed by atoms with Crippen molar-refractivity contribution in [3.8, 4) is 0 Å². The van der Waals surface area contributed by atoms with E-state index in [1.165, 1.54) is 0 Å². The molecule has 0 saturated carbocycles. The molecule has 2 amide bonds. The highest BCUT2D eigenvalue weighted by Crippen LogP contribution is 2.37. The summed E-state index contributed by atoms with van der Waals surface area (Å²) in [6.07, 6.45) is 3.84.